The molecule has 1 aromatic carbocycles. The maximum Gasteiger partial charge on any atom is 0.289 e. The van der Waals surface area contributed by atoms with Gasteiger partial charge in [0.1, 0.15) is 18.1 Å². The molecule has 1 unspecified atom stereocenters. The molecule has 2 aromatic rings. The summed E-state index contributed by atoms with van der Waals surface area (Å²) in [6, 6.07) is 10.8. The lowest BCUT2D eigenvalue weighted by atomic mass is 9.94. The van der Waals surface area contributed by atoms with Gasteiger partial charge in [-0.05, 0) is 17.7 Å². The number of rotatable bonds is 4. The molecule has 26 heavy (non-hydrogen) atoms. The molecule has 7 nitrogen and oxygen atoms in total. The first-order chi connectivity index (χ1) is 12.8. The summed E-state index contributed by atoms with van der Waals surface area (Å²) < 4.78 is 5.78. The van der Waals surface area contributed by atoms with Crippen LogP contribution < -0.4 is 10.7 Å². The Balaban J connectivity index is 1.52. The van der Waals surface area contributed by atoms with Crippen LogP contribution in [0.3, 0.4) is 0 Å². The Kier molecular flexibility index (Phi) is 4.53. The molecule has 0 aliphatic carbocycles. The molecule has 1 saturated heterocycles. The van der Waals surface area contributed by atoms with Gasteiger partial charge in [0.15, 0.2) is 5.76 Å². The molecule has 2 aliphatic heterocycles. The molecule has 4 rings (SSSR count). The minimum absolute atomic E-state index is 0.0807. The molecular weight excluding hydrogens is 332 g/mol. The Labute approximate surface area is 151 Å². The van der Waals surface area contributed by atoms with Crippen molar-refractivity contribution in [2.45, 2.75) is 12.5 Å². The van der Waals surface area contributed by atoms with E-state index in [1.54, 1.807) is 11.0 Å². The van der Waals surface area contributed by atoms with Crippen LogP contribution in [0.25, 0.3) is 0 Å². The zero-order valence-corrected chi connectivity index (χ0v) is 14.3. The Morgan fingerprint density at radius 1 is 1.23 bits per heavy atom. The molecule has 1 atom stereocenters. The predicted octanol–water partition coefficient (Wildman–Crippen LogP) is 1.11. The molecule has 3 heterocycles. The number of amides is 1. The molecule has 0 radical (unpaired) electrons. The smallest absolute Gasteiger partial charge is 0.289 e. The van der Waals surface area contributed by atoms with Crippen LogP contribution in [0.15, 0.2) is 45.9 Å². The van der Waals surface area contributed by atoms with Crippen LogP contribution in [-0.2, 0) is 11.2 Å². The molecule has 1 fully saturated rings. The third-order valence-corrected chi connectivity index (χ3v) is 4.70. The van der Waals surface area contributed by atoms with Gasteiger partial charge in [-0.1, -0.05) is 24.3 Å². The number of aldehydes is 1. The zero-order valence-electron chi connectivity index (χ0n) is 14.3. The van der Waals surface area contributed by atoms with Crippen molar-refractivity contribution in [1.29, 1.82) is 0 Å². The van der Waals surface area contributed by atoms with E-state index in [1.165, 1.54) is 0 Å². The monoisotopic (exact) mass is 352 g/mol. The number of piperazine rings is 1. The van der Waals surface area contributed by atoms with Crippen LogP contribution in [0.4, 0.5) is 0 Å². The van der Waals surface area contributed by atoms with E-state index in [9.17, 15) is 9.59 Å². The fourth-order valence-electron chi connectivity index (χ4n) is 3.32. The summed E-state index contributed by atoms with van der Waals surface area (Å²) in [6.45, 7) is 2.98. The Bertz CT molecular complexity index is 852. The second-order valence-corrected chi connectivity index (χ2v) is 6.37. The summed E-state index contributed by atoms with van der Waals surface area (Å²) in [5.41, 5.74) is 5.48. The van der Waals surface area contributed by atoms with Crippen LogP contribution in [0.1, 0.15) is 33.5 Å². The fourth-order valence-corrected chi connectivity index (χ4v) is 3.32. The van der Waals surface area contributed by atoms with Crippen molar-refractivity contribution in [2.75, 3.05) is 26.2 Å². The lowest BCUT2D eigenvalue weighted by molar-refractivity contribution is -0.109. The van der Waals surface area contributed by atoms with Crippen molar-refractivity contribution in [2.24, 2.45) is 5.10 Å². The van der Waals surface area contributed by atoms with Gasteiger partial charge in [-0.25, -0.2) is 0 Å². The largest absolute Gasteiger partial charge is 0.456 e. The van der Waals surface area contributed by atoms with E-state index in [-0.39, 0.29) is 5.91 Å². The number of hydrazone groups is 1. The van der Waals surface area contributed by atoms with Gasteiger partial charge in [-0.3, -0.25) is 10.2 Å². The summed E-state index contributed by atoms with van der Waals surface area (Å²) in [5.74, 6) is 0.941. The second kappa shape index (κ2) is 7.13. The Hall–Kier alpha value is -2.93. The van der Waals surface area contributed by atoms with E-state index in [0.717, 1.165) is 36.2 Å². The van der Waals surface area contributed by atoms with E-state index < -0.39 is 6.04 Å². The maximum absolute atomic E-state index is 12.5. The lowest BCUT2D eigenvalue weighted by Crippen LogP contribution is -2.46. The van der Waals surface area contributed by atoms with Crippen LogP contribution >= 0.6 is 0 Å². The Morgan fingerprint density at radius 3 is 2.85 bits per heavy atom. The van der Waals surface area contributed by atoms with Crippen LogP contribution in [0.2, 0.25) is 0 Å². The van der Waals surface area contributed by atoms with Crippen molar-refractivity contribution >= 4 is 17.9 Å². The van der Waals surface area contributed by atoms with Gasteiger partial charge >= 0.3 is 0 Å². The van der Waals surface area contributed by atoms with Crippen molar-refractivity contribution in [1.82, 2.24) is 15.6 Å². The molecule has 7 heteroatoms. The molecule has 0 bridgehead atoms. The molecule has 2 aliphatic rings. The summed E-state index contributed by atoms with van der Waals surface area (Å²) in [7, 11) is 0. The number of hydrogen-bond donors (Lipinski definition) is 2. The Morgan fingerprint density at radius 2 is 2.04 bits per heavy atom. The molecule has 134 valence electrons. The number of nitrogens with zero attached hydrogens (tertiary/aromatic N) is 2. The lowest BCUT2D eigenvalue weighted by Gasteiger charge is -2.26. The van der Waals surface area contributed by atoms with E-state index in [2.05, 4.69) is 15.8 Å². The van der Waals surface area contributed by atoms with Gasteiger partial charge < -0.3 is 19.4 Å². The topological polar surface area (TPSA) is 86.9 Å². The first-order valence-corrected chi connectivity index (χ1v) is 8.71. The summed E-state index contributed by atoms with van der Waals surface area (Å²) in [6.07, 6.45) is 1.29. The molecular formula is C19H20N4O3. The number of carbonyl (C=O) groups excluding carboxylic acids is 2. The minimum Gasteiger partial charge on any atom is -0.456 e. The number of benzene rings is 1. The first-order valence-electron chi connectivity index (χ1n) is 8.71. The zero-order chi connectivity index (χ0) is 17.9. The predicted molar refractivity (Wildman–Crippen MR) is 96.1 cm³/mol. The number of hydrogen-bond acceptors (Lipinski definition) is 6. The first kappa shape index (κ1) is 16.5. The van der Waals surface area contributed by atoms with Crippen molar-refractivity contribution < 1.29 is 14.0 Å². The van der Waals surface area contributed by atoms with Gasteiger partial charge in [0.2, 0.25) is 0 Å². The molecule has 2 N–H and O–H groups in total. The fraction of sp³-hybridized carbons (Fsp3) is 0.316. The van der Waals surface area contributed by atoms with E-state index in [1.807, 2.05) is 30.3 Å². The van der Waals surface area contributed by atoms with Gasteiger partial charge in [0.05, 0.1) is 12.1 Å². The van der Waals surface area contributed by atoms with E-state index in [4.69, 9.17) is 4.42 Å². The average Bonchev–Trinajstić information content (AvgIpc) is 3.17. The quantitative estimate of drug-likeness (QED) is 0.805. The highest BCUT2D eigenvalue weighted by Crippen LogP contribution is 2.23. The SMILES string of the molecule is O=CC1NN=C(Cc2ccc(C(=O)N3CCNCC3)o2)c2ccccc21. The van der Waals surface area contributed by atoms with E-state index in [0.29, 0.717) is 31.0 Å². The number of nitrogens with one attached hydrogen (secondary N) is 2. The number of fused-ring (bicyclic) bond motifs is 1. The van der Waals surface area contributed by atoms with Crippen molar-refractivity contribution in [3.05, 3.63) is 59.0 Å². The van der Waals surface area contributed by atoms with Gasteiger partial charge in [0, 0.05) is 31.7 Å². The van der Waals surface area contributed by atoms with Crippen LogP contribution in [0, 0.1) is 0 Å². The van der Waals surface area contributed by atoms with Gasteiger partial charge in [-0.15, -0.1) is 0 Å². The third kappa shape index (κ3) is 3.13. The van der Waals surface area contributed by atoms with Crippen molar-refractivity contribution in [3.63, 3.8) is 0 Å². The normalized spacial score (nSPS) is 19.3. The summed E-state index contributed by atoms with van der Waals surface area (Å²) in [5, 5.41) is 7.56. The highest BCUT2D eigenvalue weighted by atomic mass is 16.4. The van der Waals surface area contributed by atoms with E-state index >= 15 is 0 Å². The molecule has 1 aromatic heterocycles. The highest BCUT2D eigenvalue weighted by molar-refractivity contribution is 6.04. The third-order valence-electron chi connectivity index (χ3n) is 4.70. The summed E-state index contributed by atoms with van der Waals surface area (Å²) in [4.78, 5) is 25.5. The van der Waals surface area contributed by atoms with Gasteiger partial charge in [0.25, 0.3) is 5.91 Å². The van der Waals surface area contributed by atoms with Gasteiger partial charge in [-0.2, -0.15) is 5.10 Å². The number of furan rings is 1. The van der Waals surface area contributed by atoms with Crippen LogP contribution in [-0.4, -0.2) is 49.0 Å². The summed E-state index contributed by atoms with van der Waals surface area (Å²) >= 11 is 0. The second-order valence-electron chi connectivity index (χ2n) is 6.37. The molecule has 1 amide bonds. The molecule has 0 saturated carbocycles. The van der Waals surface area contributed by atoms with Crippen LogP contribution in [0.5, 0.6) is 0 Å². The molecule has 0 spiro atoms. The standard InChI is InChI=1S/C19H20N4O3/c24-12-17-15-4-2-1-3-14(15)16(21-22-17)11-13-5-6-18(26-13)19(25)23-9-7-20-8-10-23/h1-6,12,17,20,22H,7-11H2. The maximum atomic E-state index is 12.5. The minimum atomic E-state index is -0.434. The highest BCUT2D eigenvalue weighted by Gasteiger charge is 2.24. The van der Waals surface area contributed by atoms with Crippen molar-refractivity contribution in [3.8, 4) is 0 Å². The average molecular weight is 352 g/mol. The number of carbonyl (C=O) groups is 2.